The maximum absolute atomic E-state index is 13.7. The van der Waals surface area contributed by atoms with Crippen molar-refractivity contribution in [3.8, 4) is 5.69 Å². The van der Waals surface area contributed by atoms with Gasteiger partial charge in [0.05, 0.1) is 23.2 Å². The number of thioether (sulfide) groups is 1. The summed E-state index contributed by atoms with van der Waals surface area (Å²) in [6.45, 7) is 4.83. The van der Waals surface area contributed by atoms with Gasteiger partial charge in [0.15, 0.2) is 5.16 Å². The van der Waals surface area contributed by atoms with Crippen LogP contribution < -0.4 is 10.9 Å². The number of aromatic nitrogens is 2. The van der Waals surface area contributed by atoms with Crippen LogP contribution in [-0.2, 0) is 10.5 Å². The van der Waals surface area contributed by atoms with Gasteiger partial charge < -0.3 is 10.1 Å². The molecule has 0 aliphatic carbocycles. The molecule has 0 unspecified atom stereocenters. The molecule has 0 fully saturated rings. The molecule has 0 atom stereocenters. The van der Waals surface area contributed by atoms with E-state index in [0.717, 1.165) is 22.4 Å². The number of ether oxygens (including phenoxy) is 1. The molecule has 1 heterocycles. The van der Waals surface area contributed by atoms with Crippen molar-refractivity contribution in [1.82, 2.24) is 14.9 Å². The third-order valence-corrected chi connectivity index (χ3v) is 6.70. The van der Waals surface area contributed by atoms with Gasteiger partial charge in [0.1, 0.15) is 0 Å². The van der Waals surface area contributed by atoms with Gasteiger partial charge in [-0.2, -0.15) is 0 Å². The van der Waals surface area contributed by atoms with Gasteiger partial charge >= 0.3 is 0 Å². The van der Waals surface area contributed by atoms with Crippen molar-refractivity contribution in [3.05, 3.63) is 98.3 Å². The SMILES string of the molecule is COCCNC(=O)c1ccc2c(=O)n(-c3cc(C)cc(C)c3)c(SCc3ccc(Cl)cc3)nc2c1. The fourth-order valence-electron chi connectivity index (χ4n) is 3.81. The molecule has 0 aliphatic heterocycles. The maximum Gasteiger partial charge on any atom is 0.266 e. The van der Waals surface area contributed by atoms with Crippen LogP contribution in [0.1, 0.15) is 27.0 Å². The molecule has 1 aromatic heterocycles. The van der Waals surface area contributed by atoms with E-state index < -0.39 is 0 Å². The Labute approximate surface area is 213 Å². The van der Waals surface area contributed by atoms with Crippen LogP contribution in [0.3, 0.4) is 0 Å². The molecule has 35 heavy (non-hydrogen) atoms. The molecule has 0 saturated carbocycles. The van der Waals surface area contributed by atoms with E-state index in [4.69, 9.17) is 21.3 Å². The number of hydrogen-bond donors (Lipinski definition) is 1. The molecule has 4 aromatic rings. The Morgan fingerprint density at radius 3 is 2.46 bits per heavy atom. The number of rotatable bonds is 8. The van der Waals surface area contributed by atoms with Gasteiger partial charge in [0.2, 0.25) is 0 Å². The van der Waals surface area contributed by atoms with Crippen LogP contribution in [0.15, 0.2) is 70.6 Å². The minimum atomic E-state index is -0.236. The van der Waals surface area contributed by atoms with Gasteiger partial charge in [-0.1, -0.05) is 41.6 Å². The van der Waals surface area contributed by atoms with Gasteiger partial charge in [-0.3, -0.25) is 14.2 Å². The topological polar surface area (TPSA) is 73.2 Å². The zero-order chi connectivity index (χ0) is 24.9. The van der Waals surface area contributed by atoms with Crippen LogP contribution in [0.25, 0.3) is 16.6 Å². The number of aryl methyl sites for hydroxylation is 2. The normalized spacial score (nSPS) is 11.1. The molecule has 6 nitrogen and oxygen atoms in total. The lowest BCUT2D eigenvalue weighted by Gasteiger charge is -2.15. The molecule has 8 heteroatoms. The Morgan fingerprint density at radius 1 is 1.06 bits per heavy atom. The summed E-state index contributed by atoms with van der Waals surface area (Å²) in [5.74, 6) is 0.372. The Morgan fingerprint density at radius 2 is 1.77 bits per heavy atom. The number of carbonyl (C=O) groups excluding carboxylic acids is 1. The van der Waals surface area contributed by atoms with E-state index in [2.05, 4.69) is 11.4 Å². The summed E-state index contributed by atoms with van der Waals surface area (Å²) in [5, 5.41) is 4.48. The second-order valence-electron chi connectivity index (χ2n) is 8.28. The lowest BCUT2D eigenvalue weighted by atomic mass is 10.1. The van der Waals surface area contributed by atoms with Crippen molar-refractivity contribution in [2.75, 3.05) is 20.3 Å². The van der Waals surface area contributed by atoms with E-state index in [0.29, 0.717) is 45.5 Å². The summed E-state index contributed by atoms with van der Waals surface area (Å²) < 4.78 is 6.64. The molecule has 1 amide bonds. The quantitative estimate of drug-likeness (QED) is 0.198. The summed E-state index contributed by atoms with van der Waals surface area (Å²) in [7, 11) is 1.58. The zero-order valence-electron chi connectivity index (χ0n) is 19.8. The molecule has 0 bridgehead atoms. The number of hydrogen-bond acceptors (Lipinski definition) is 5. The molecule has 0 radical (unpaired) electrons. The van der Waals surface area contributed by atoms with E-state index in [1.54, 1.807) is 29.9 Å². The van der Waals surface area contributed by atoms with Gasteiger partial charge in [0.25, 0.3) is 11.5 Å². The number of benzene rings is 3. The highest BCUT2D eigenvalue weighted by Gasteiger charge is 2.16. The lowest BCUT2D eigenvalue weighted by molar-refractivity contribution is 0.0937. The van der Waals surface area contributed by atoms with Crippen molar-refractivity contribution < 1.29 is 9.53 Å². The molecule has 0 aliphatic rings. The first kappa shape index (κ1) is 25.0. The number of nitrogens with zero attached hydrogens (tertiary/aromatic N) is 2. The van der Waals surface area contributed by atoms with Crippen LogP contribution in [0.2, 0.25) is 5.02 Å². The zero-order valence-corrected chi connectivity index (χ0v) is 21.4. The average molecular weight is 508 g/mol. The molecule has 4 rings (SSSR count). The van der Waals surface area contributed by atoms with Crippen LogP contribution in [0, 0.1) is 13.8 Å². The third kappa shape index (κ3) is 5.93. The standard InChI is InChI=1S/C27H26ClN3O3S/c1-17-12-18(2)14-22(13-17)31-26(33)23-9-6-20(25(32)29-10-11-34-3)15-24(23)30-27(31)35-16-19-4-7-21(28)8-5-19/h4-9,12-15H,10-11,16H2,1-3H3,(H,29,32). The highest BCUT2D eigenvalue weighted by Crippen LogP contribution is 2.26. The number of fused-ring (bicyclic) bond motifs is 1. The monoisotopic (exact) mass is 507 g/mol. The Bertz CT molecular complexity index is 1410. The molecular formula is C27H26ClN3O3S. The van der Waals surface area contributed by atoms with E-state index in [1.807, 2.05) is 50.2 Å². The van der Waals surface area contributed by atoms with Crippen LogP contribution in [-0.4, -0.2) is 35.7 Å². The van der Waals surface area contributed by atoms with Gasteiger partial charge in [-0.25, -0.2) is 4.98 Å². The van der Waals surface area contributed by atoms with Crippen molar-refractivity contribution in [2.45, 2.75) is 24.8 Å². The van der Waals surface area contributed by atoms with Gasteiger partial charge in [-0.15, -0.1) is 0 Å². The molecule has 0 spiro atoms. The number of amides is 1. The van der Waals surface area contributed by atoms with Crippen LogP contribution >= 0.6 is 23.4 Å². The second-order valence-corrected chi connectivity index (χ2v) is 9.66. The largest absolute Gasteiger partial charge is 0.383 e. The summed E-state index contributed by atoms with van der Waals surface area (Å²) in [4.78, 5) is 31.1. The minimum Gasteiger partial charge on any atom is -0.383 e. The minimum absolute atomic E-state index is 0.176. The van der Waals surface area contributed by atoms with E-state index in [1.165, 1.54) is 11.8 Å². The van der Waals surface area contributed by atoms with Crippen molar-refractivity contribution >= 4 is 40.2 Å². The molecule has 3 aromatic carbocycles. The fraction of sp³-hybridized carbons (Fsp3) is 0.222. The first-order chi connectivity index (χ1) is 16.9. The predicted octanol–water partition coefficient (Wildman–Crippen LogP) is 5.32. The molecule has 0 saturated heterocycles. The Kier molecular flexibility index (Phi) is 7.90. The number of methoxy groups -OCH3 is 1. The van der Waals surface area contributed by atoms with Gasteiger partial charge in [-0.05, 0) is 73.0 Å². The Balaban J connectivity index is 1.80. The summed E-state index contributed by atoms with van der Waals surface area (Å²) in [6.07, 6.45) is 0. The van der Waals surface area contributed by atoms with E-state index >= 15 is 0 Å². The summed E-state index contributed by atoms with van der Waals surface area (Å²) >= 11 is 7.49. The average Bonchev–Trinajstić information content (AvgIpc) is 2.83. The van der Waals surface area contributed by atoms with E-state index in [9.17, 15) is 9.59 Å². The van der Waals surface area contributed by atoms with E-state index in [-0.39, 0.29) is 11.5 Å². The molecular weight excluding hydrogens is 482 g/mol. The van der Waals surface area contributed by atoms with Crippen LogP contribution in [0.5, 0.6) is 0 Å². The lowest BCUT2D eigenvalue weighted by Crippen LogP contribution is -2.27. The summed E-state index contributed by atoms with van der Waals surface area (Å²) in [5.41, 5.74) is 4.69. The fourth-order valence-corrected chi connectivity index (χ4v) is 4.90. The number of carbonyl (C=O) groups is 1. The summed E-state index contributed by atoms with van der Waals surface area (Å²) in [6, 6.07) is 18.6. The van der Waals surface area contributed by atoms with Crippen molar-refractivity contribution in [1.29, 1.82) is 0 Å². The number of halogens is 1. The van der Waals surface area contributed by atoms with Crippen molar-refractivity contribution in [3.63, 3.8) is 0 Å². The maximum atomic E-state index is 13.7. The highest BCUT2D eigenvalue weighted by atomic mass is 35.5. The first-order valence-electron chi connectivity index (χ1n) is 11.2. The highest BCUT2D eigenvalue weighted by molar-refractivity contribution is 7.98. The van der Waals surface area contributed by atoms with Gasteiger partial charge in [0, 0.05) is 30.0 Å². The predicted molar refractivity (Wildman–Crippen MR) is 142 cm³/mol. The molecule has 180 valence electrons. The van der Waals surface area contributed by atoms with Crippen LogP contribution in [0.4, 0.5) is 0 Å². The van der Waals surface area contributed by atoms with Crippen molar-refractivity contribution in [2.24, 2.45) is 0 Å². The first-order valence-corrected chi connectivity index (χ1v) is 12.5. The third-order valence-electron chi connectivity index (χ3n) is 5.44. The molecule has 1 N–H and O–H groups in total. The number of nitrogens with one attached hydrogen (secondary N) is 1. The second kappa shape index (κ2) is 11.1. The smallest absolute Gasteiger partial charge is 0.266 e. The Hall–Kier alpha value is -3.13.